The number of imidazole rings is 1. The standard InChI is InChI=1S/C19H19BrN4O/c1-2-11-25-18-6-4-3-5-15(18)12-23-24-17(13-22-19(24)21)14-7-9-16(20)10-8-14/h3-10,12-13H,2,11H2,1H3,(H2,21,22). The zero-order chi connectivity index (χ0) is 17.6. The first-order valence-electron chi connectivity index (χ1n) is 8.04. The SMILES string of the molecule is CCCOc1ccccc1C=Nn1c(-c2ccc(Br)cc2)cnc1N. The van der Waals surface area contributed by atoms with Gasteiger partial charge in [0.05, 0.1) is 24.7 Å². The van der Waals surface area contributed by atoms with Gasteiger partial charge < -0.3 is 10.5 Å². The Morgan fingerprint density at radius 2 is 1.96 bits per heavy atom. The maximum atomic E-state index is 5.99. The predicted molar refractivity (Wildman–Crippen MR) is 105 cm³/mol. The van der Waals surface area contributed by atoms with Crippen molar-refractivity contribution in [3.63, 3.8) is 0 Å². The number of benzene rings is 2. The lowest BCUT2D eigenvalue weighted by atomic mass is 10.2. The minimum atomic E-state index is 0.334. The number of aromatic nitrogens is 2. The van der Waals surface area contributed by atoms with Crippen molar-refractivity contribution >= 4 is 28.1 Å². The average molecular weight is 399 g/mol. The molecule has 2 N–H and O–H groups in total. The smallest absolute Gasteiger partial charge is 0.221 e. The highest BCUT2D eigenvalue weighted by molar-refractivity contribution is 9.10. The van der Waals surface area contributed by atoms with E-state index < -0.39 is 0 Å². The van der Waals surface area contributed by atoms with Crippen LogP contribution >= 0.6 is 15.9 Å². The van der Waals surface area contributed by atoms with E-state index in [2.05, 4.69) is 32.9 Å². The monoisotopic (exact) mass is 398 g/mol. The van der Waals surface area contributed by atoms with Crippen molar-refractivity contribution in [1.29, 1.82) is 0 Å². The van der Waals surface area contributed by atoms with Crippen LogP contribution in [0.5, 0.6) is 5.75 Å². The topological polar surface area (TPSA) is 65.4 Å². The van der Waals surface area contributed by atoms with Gasteiger partial charge in [-0.1, -0.05) is 47.1 Å². The highest BCUT2D eigenvalue weighted by Crippen LogP contribution is 2.24. The molecular formula is C19H19BrN4O. The van der Waals surface area contributed by atoms with Gasteiger partial charge in [-0.3, -0.25) is 0 Å². The highest BCUT2D eigenvalue weighted by Gasteiger charge is 2.09. The summed E-state index contributed by atoms with van der Waals surface area (Å²) >= 11 is 3.44. The van der Waals surface area contributed by atoms with Crippen LogP contribution in [0.3, 0.4) is 0 Å². The van der Waals surface area contributed by atoms with Crippen molar-refractivity contribution in [2.24, 2.45) is 5.10 Å². The fraction of sp³-hybridized carbons (Fsp3) is 0.158. The van der Waals surface area contributed by atoms with Crippen LogP contribution in [0.1, 0.15) is 18.9 Å². The van der Waals surface area contributed by atoms with Crippen LogP contribution in [0.15, 0.2) is 64.3 Å². The van der Waals surface area contributed by atoms with Crippen molar-refractivity contribution < 1.29 is 4.74 Å². The zero-order valence-corrected chi connectivity index (χ0v) is 15.5. The van der Waals surface area contributed by atoms with Crippen LogP contribution in [-0.4, -0.2) is 22.5 Å². The Bertz CT molecular complexity index is 871. The molecule has 0 radical (unpaired) electrons. The molecule has 6 heteroatoms. The number of nitrogens with two attached hydrogens (primary N) is 1. The van der Waals surface area contributed by atoms with Gasteiger partial charge in [-0.25, -0.2) is 4.98 Å². The molecule has 0 bridgehead atoms. The Balaban J connectivity index is 1.92. The molecule has 1 heterocycles. The average Bonchev–Trinajstić information content (AvgIpc) is 3.00. The number of nitrogens with zero attached hydrogens (tertiary/aromatic N) is 3. The first-order chi connectivity index (χ1) is 12.2. The van der Waals surface area contributed by atoms with Crippen LogP contribution in [-0.2, 0) is 0 Å². The second-order valence-electron chi connectivity index (χ2n) is 5.45. The van der Waals surface area contributed by atoms with Gasteiger partial charge >= 0.3 is 0 Å². The number of hydrogen-bond donors (Lipinski definition) is 1. The maximum absolute atomic E-state index is 5.99. The second-order valence-corrected chi connectivity index (χ2v) is 6.37. The lowest BCUT2D eigenvalue weighted by molar-refractivity contribution is 0.317. The van der Waals surface area contributed by atoms with Gasteiger partial charge in [-0.05, 0) is 30.7 Å². The molecule has 1 aromatic heterocycles. The predicted octanol–water partition coefficient (Wildman–Crippen LogP) is 4.57. The fourth-order valence-corrected chi connectivity index (χ4v) is 2.61. The normalized spacial score (nSPS) is 11.1. The number of halogens is 1. The third-order valence-electron chi connectivity index (χ3n) is 3.60. The number of anilines is 1. The Morgan fingerprint density at radius 3 is 2.72 bits per heavy atom. The Labute approximate surface area is 155 Å². The number of rotatable bonds is 6. The van der Waals surface area contributed by atoms with E-state index in [-0.39, 0.29) is 0 Å². The van der Waals surface area contributed by atoms with E-state index in [1.54, 1.807) is 17.1 Å². The molecule has 0 spiro atoms. The van der Waals surface area contributed by atoms with E-state index in [1.807, 2.05) is 48.5 Å². The van der Waals surface area contributed by atoms with Crippen LogP contribution in [0, 0.1) is 0 Å². The summed E-state index contributed by atoms with van der Waals surface area (Å²) in [6, 6.07) is 15.7. The third kappa shape index (κ3) is 4.09. The molecule has 3 aromatic rings. The Morgan fingerprint density at radius 1 is 1.20 bits per heavy atom. The number of hydrogen-bond acceptors (Lipinski definition) is 4. The molecule has 0 atom stereocenters. The minimum absolute atomic E-state index is 0.334. The zero-order valence-electron chi connectivity index (χ0n) is 13.9. The summed E-state index contributed by atoms with van der Waals surface area (Å²) in [5.74, 6) is 1.14. The van der Waals surface area contributed by atoms with E-state index in [0.717, 1.165) is 33.5 Å². The summed E-state index contributed by atoms with van der Waals surface area (Å²) < 4.78 is 8.40. The highest BCUT2D eigenvalue weighted by atomic mass is 79.9. The third-order valence-corrected chi connectivity index (χ3v) is 4.13. The first kappa shape index (κ1) is 17.2. The Kier molecular flexibility index (Phi) is 5.50. The molecule has 5 nitrogen and oxygen atoms in total. The van der Waals surface area contributed by atoms with E-state index in [4.69, 9.17) is 10.5 Å². The van der Waals surface area contributed by atoms with Crippen molar-refractivity contribution in [3.8, 4) is 17.0 Å². The molecule has 0 unspecified atom stereocenters. The number of para-hydroxylation sites is 1. The van der Waals surface area contributed by atoms with E-state index >= 15 is 0 Å². The molecule has 2 aromatic carbocycles. The lowest BCUT2D eigenvalue weighted by Crippen LogP contribution is -2.02. The van der Waals surface area contributed by atoms with Gasteiger partial charge in [0.2, 0.25) is 5.95 Å². The van der Waals surface area contributed by atoms with E-state index in [0.29, 0.717) is 12.6 Å². The Hall–Kier alpha value is -2.60. The van der Waals surface area contributed by atoms with E-state index in [1.165, 1.54) is 0 Å². The summed E-state index contributed by atoms with van der Waals surface area (Å²) in [5, 5.41) is 4.52. The maximum Gasteiger partial charge on any atom is 0.221 e. The van der Waals surface area contributed by atoms with Gasteiger partial charge in [0.25, 0.3) is 0 Å². The molecule has 0 amide bonds. The molecule has 0 aliphatic heterocycles. The largest absolute Gasteiger partial charge is 0.493 e. The van der Waals surface area contributed by atoms with Gasteiger partial charge in [-0.2, -0.15) is 9.78 Å². The van der Waals surface area contributed by atoms with Gasteiger partial charge in [-0.15, -0.1) is 0 Å². The van der Waals surface area contributed by atoms with Crippen molar-refractivity contribution in [1.82, 2.24) is 9.66 Å². The molecule has 128 valence electrons. The van der Waals surface area contributed by atoms with Crippen LogP contribution in [0.2, 0.25) is 0 Å². The number of nitrogen functional groups attached to an aromatic ring is 1. The molecule has 3 rings (SSSR count). The van der Waals surface area contributed by atoms with Gasteiger partial charge in [0, 0.05) is 15.6 Å². The van der Waals surface area contributed by atoms with Gasteiger partial charge in [0.15, 0.2) is 0 Å². The van der Waals surface area contributed by atoms with Crippen molar-refractivity contribution in [2.45, 2.75) is 13.3 Å². The van der Waals surface area contributed by atoms with Crippen LogP contribution in [0.4, 0.5) is 5.95 Å². The minimum Gasteiger partial charge on any atom is -0.493 e. The lowest BCUT2D eigenvalue weighted by Gasteiger charge is -2.08. The molecular weight excluding hydrogens is 380 g/mol. The molecule has 0 fully saturated rings. The first-order valence-corrected chi connectivity index (χ1v) is 8.83. The van der Waals surface area contributed by atoms with Crippen molar-refractivity contribution in [2.75, 3.05) is 12.3 Å². The summed E-state index contributed by atoms with van der Waals surface area (Å²) in [4.78, 5) is 4.18. The van der Waals surface area contributed by atoms with Crippen LogP contribution in [0.25, 0.3) is 11.3 Å². The molecule has 0 aliphatic rings. The molecule has 25 heavy (non-hydrogen) atoms. The summed E-state index contributed by atoms with van der Waals surface area (Å²) in [6.45, 7) is 2.75. The molecule has 0 saturated heterocycles. The van der Waals surface area contributed by atoms with Gasteiger partial charge in [0.1, 0.15) is 5.75 Å². The number of ether oxygens (including phenoxy) is 1. The quantitative estimate of drug-likeness (QED) is 0.618. The van der Waals surface area contributed by atoms with E-state index in [9.17, 15) is 0 Å². The fourth-order valence-electron chi connectivity index (χ4n) is 2.35. The summed E-state index contributed by atoms with van der Waals surface area (Å²) in [7, 11) is 0. The van der Waals surface area contributed by atoms with Crippen molar-refractivity contribution in [3.05, 3.63) is 64.8 Å². The second kappa shape index (κ2) is 7.98. The molecule has 0 saturated carbocycles. The van der Waals surface area contributed by atoms with Crippen LogP contribution < -0.4 is 10.5 Å². The molecule has 0 aliphatic carbocycles. The summed E-state index contributed by atoms with van der Waals surface area (Å²) in [5.41, 5.74) is 8.70. The summed E-state index contributed by atoms with van der Waals surface area (Å²) in [6.07, 6.45) is 4.41.